The van der Waals surface area contributed by atoms with Crippen molar-refractivity contribution >= 4 is 17.3 Å². The Balaban J connectivity index is 2.36. The molecular weight excluding hydrogens is 290 g/mol. The highest BCUT2D eigenvalue weighted by Gasteiger charge is 2.21. The van der Waals surface area contributed by atoms with Gasteiger partial charge in [-0.15, -0.1) is 0 Å². The molecule has 0 saturated heterocycles. The summed E-state index contributed by atoms with van der Waals surface area (Å²) in [5, 5.41) is 4.51. The molecule has 0 radical (unpaired) electrons. The van der Waals surface area contributed by atoms with Crippen molar-refractivity contribution in [3.8, 4) is 0 Å². The first-order valence-electron chi connectivity index (χ1n) is 5.72. The van der Waals surface area contributed by atoms with E-state index in [2.05, 4.69) is 10.3 Å². The number of nitrogens with zero attached hydrogens (tertiary/aromatic N) is 1. The minimum absolute atomic E-state index is 0.0558. The lowest BCUT2D eigenvalue weighted by atomic mass is 10.2. The van der Waals surface area contributed by atoms with Crippen molar-refractivity contribution in [1.29, 1.82) is 0 Å². The van der Waals surface area contributed by atoms with Gasteiger partial charge in [0.15, 0.2) is 23.3 Å². The fourth-order valence-electron chi connectivity index (χ4n) is 1.57. The van der Waals surface area contributed by atoms with Gasteiger partial charge >= 0.3 is 0 Å². The van der Waals surface area contributed by atoms with Crippen LogP contribution in [0.25, 0.3) is 0 Å². The molecule has 110 valence electrons. The van der Waals surface area contributed by atoms with E-state index in [4.69, 9.17) is 0 Å². The number of benzene rings is 1. The number of hydrogen-bond acceptors (Lipinski definition) is 3. The Bertz CT molecular complexity index is 680. The molecule has 8 heteroatoms. The van der Waals surface area contributed by atoms with Crippen molar-refractivity contribution in [2.75, 3.05) is 17.7 Å². The van der Waals surface area contributed by atoms with Crippen molar-refractivity contribution in [1.82, 2.24) is 4.98 Å². The predicted octanol–water partition coefficient (Wildman–Crippen LogP) is 2.93. The number of anilines is 2. The molecule has 2 N–H and O–H groups in total. The predicted molar refractivity (Wildman–Crippen MR) is 68.0 cm³/mol. The third-order valence-corrected chi connectivity index (χ3v) is 2.63. The molecule has 1 amide bonds. The van der Waals surface area contributed by atoms with Crippen molar-refractivity contribution < 1.29 is 22.4 Å². The summed E-state index contributed by atoms with van der Waals surface area (Å²) < 4.78 is 52.9. The third kappa shape index (κ3) is 2.93. The number of amides is 1. The lowest BCUT2D eigenvalue weighted by Crippen LogP contribution is -2.17. The maximum Gasteiger partial charge on any atom is 0.274 e. The van der Waals surface area contributed by atoms with E-state index < -0.39 is 34.9 Å². The third-order valence-electron chi connectivity index (χ3n) is 2.63. The Kier molecular flexibility index (Phi) is 4.06. The Labute approximate surface area is 116 Å². The summed E-state index contributed by atoms with van der Waals surface area (Å²) in [6.07, 6.45) is 1.29. The van der Waals surface area contributed by atoms with Gasteiger partial charge in [-0.25, -0.2) is 17.6 Å². The van der Waals surface area contributed by atoms with Gasteiger partial charge in [0.05, 0.1) is 0 Å². The van der Waals surface area contributed by atoms with Gasteiger partial charge < -0.3 is 10.6 Å². The van der Waals surface area contributed by atoms with E-state index in [1.54, 1.807) is 18.4 Å². The van der Waals surface area contributed by atoms with Crippen molar-refractivity contribution in [2.24, 2.45) is 0 Å². The number of hydrogen-bond donors (Lipinski definition) is 2. The van der Waals surface area contributed by atoms with Crippen molar-refractivity contribution in [3.05, 3.63) is 53.4 Å². The first-order chi connectivity index (χ1) is 9.93. The maximum atomic E-state index is 13.4. The lowest BCUT2D eigenvalue weighted by molar-refractivity contribution is 0.102. The molecule has 0 aliphatic carbocycles. The number of pyridine rings is 1. The number of halogens is 4. The summed E-state index contributed by atoms with van der Waals surface area (Å²) in [5.74, 6) is -7.60. The zero-order valence-electron chi connectivity index (χ0n) is 10.7. The highest BCUT2D eigenvalue weighted by Crippen LogP contribution is 2.24. The highest BCUT2D eigenvalue weighted by atomic mass is 19.2. The molecule has 2 aromatic rings. The molecule has 0 aliphatic heterocycles. The van der Waals surface area contributed by atoms with E-state index in [-0.39, 0.29) is 11.8 Å². The number of carbonyl (C=O) groups excluding carboxylic acids is 1. The first kappa shape index (κ1) is 14.8. The average Bonchev–Trinajstić information content (AvgIpc) is 2.49. The van der Waals surface area contributed by atoms with Crippen LogP contribution in [0.1, 0.15) is 10.5 Å². The van der Waals surface area contributed by atoms with Crippen molar-refractivity contribution in [2.45, 2.75) is 0 Å². The SMILES string of the molecule is CNc1ccnc(C(=O)Nc2c(F)c(F)cc(F)c2F)c1. The van der Waals surface area contributed by atoms with Gasteiger partial charge in [0, 0.05) is 25.0 Å². The summed E-state index contributed by atoms with van der Waals surface area (Å²) in [6, 6.07) is 2.92. The summed E-state index contributed by atoms with van der Waals surface area (Å²) in [7, 11) is 1.60. The van der Waals surface area contributed by atoms with E-state index in [1.165, 1.54) is 12.3 Å². The largest absolute Gasteiger partial charge is 0.388 e. The van der Waals surface area contributed by atoms with E-state index in [0.29, 0.717) is 5.69 Å². The second kappa shape index (κ2) is 5.78. The summed E-state index contributed by atoms with van der Waals surface area (Å²) in [4.78, 5) is 15.5. The molecule has 0 atom stereocenters. The Morgan fingerprint density at radius 2 is 1.71 bits per heavy atom. The van der Waals surface area contributed by atoms with Crippen LogP contribution in [0, 0.1) is 23.3 Å². The van der Waals surface area contributed by atoms with Gasteiger partial charge in [-0.05, 0) is 12.1 Å². The second-order valence-electron chi connectivity index (χ2n) is 3.98. The Hall–Kier alpha value is -2.64. The molecule has 1 aromatic heterocycles. The lowest BCUT2D eigenvalue weighted by Gasteiger charge is -2.09. The van der Waals surface area contributed by atoms with Gasteiger partial charge in [-0.2, -0.15) is 0 Å². The molecule has 0 fully saturated rings. The second-order valence-corrected chi connectivity index (χ2v) is 3.98. The maximum absolute atomic E-state index is 13.4. The van der Waals surface area contributed by atoms with E-state index in [1.807, 2.05) is 0 Å². The van der Waals surface area contributed by atoms with Crippen LogP contribution >= 0.6 is 0 Å². The van der Waals surface area contributed by atoms with Gasteiger partial charge in [-0.3, -0.25) is 9.78 Å². The first-order valence-corrected chi connectivity index (χ1v) is 5.72. The van der Waals surface area contributed by atoms with Crippen LogP contribution in [0.15, 0.2) is 24.4 Å². The molecule has 1 aromatic carbocycles. The zero-order valence-corrected chi connectivity index (χ0v) is 10.7. The minimum atomic E-state index is -1.69. The topological polar surface area (TPSA) is 54.0 Å². The van der Waals surface area contributed by atoms with Gasteiger partial charge in [0.1, 0.15) is 11.4 Å². The quantitative estimate of drug-likeness (QED) is 0.677. The smallest absolute Gasteiger partial charge is 0.274 e. The number of rotatable bonds is 3. The van der Waals surface area contributed by atoms with Crippen LogP contribution in [-0.4, -0.2) is 17.9 Å². The molecule has 0 saturated carbocycles. The Morgan fingerprint density at radius 1 is 1.10 bits per heavy atom. The van der Waals surface area contributed by atoms with Crippen LogP contribution in [0.4, 0.5) is 28.9 Å². The van der Waals surface area contributed by atoms with Crippen molar-refractivity contribution in [3.63, 3.8) is 0 Å². The van der Waals surface area contributed by atoms with Crippen LogP contribution in [0.5, 0.6) is 0 Å². The number of carbonyl (C=O) groups is 1. The zero-order chi connectivity index (χ0) is 15.6. The number of nitrogens with one attached hydrogen (secondary N) is 2. The van der Waals surface area contributed by atoms with E-state index >= 15 is 0 Å². The summed E-state index contributed by atoms with van der Waals surface area (Å²) in [6.45, 7) is 0. The molecule has 0 bridgehead atoms. The van der Waals surface area contributed by atoms with Crippen LogP contribution in [0.3, 0.4) is 0 Å². The van der Waals surface area contributed by atoms with Gasteiger partial charge in [0.2, 0.25) is 0 Å². The van der Waals surface area contributed by atoms with Gasteiger partial charge in [-0.1, -0.05) is 0 Å². The molecular formula is C13H9F4N3O. The highest BCUT2D eigenvalue weighted by molar-refractivity contribution is 6.03. The van der Waals surface area contributed by atoms with Crippen LogP contribution in [0.2, 0.25) is 0 Å². The number of aromatic nitrogens is 1. The molecule has 1 heterocycles. The molecule has 0 unspecified atom stereocenters. The fraction of sp³-hybridized carbons (Fsp3) is 0.0769. The molecule has 2 rings (SSSR count). The summed E-state index contributed by atoms with van der Waals surface area (Å²) >= 11 is 0. The standard InChI is InChI=1S/C13H9F4N3O/c1-18-6-2-3-19-9(4-6)13(21)20-12-10(16)7(14)5-8(15)11(12)17/h2-5H,1H3,(H,18,19)(H,20,21). The van der Waals surface area contributed by atoms with Gasteiger partial charge in [0.25, 0.3) is 5.91 Å². The Morgan fingerprint density at radius 3 is 2.29 bits per heavy atom. The normalized spacial score (nSPS) is 10.3. The average molecular weight is 299 g/mol. The minimum Gasteiger partial charge on any atom is -0.388 e. The monoisotopic (exact) mass is 299 g/mol. The van der Waals surface area contributed by atoms with E-state index in [0.717, 1.165) is 0 Å². The molecule has 21 heavy (non-hydrogen) atoms. The van der Waals surface area contributed by atoms with Crippen LogP contribution in [-0.2, 0) is 0 Å². The fourth-order valence-corrected chi connectivity index (χ4v) is 1.57. The van der Waals surface area contributed by atoms with E-state index in [9.17, 15) is 22.4 Å². The molecule has 0 aliphatic rings. The molecule has 4 nitrogen and oxygen atoms in total. The molecule has 0 spiro atoms. The van der Waals surface area contributed by atoms with Crippen LogP contribution < -0.4 is 10.6 Å². The summed E-state index contributed by atoms with van der Waals surface area (Å²) in [5.41, 5.74) is -0.846.